The van der Waals surface area contributed by atoms with E-state index in [4.69, 9.17) is 4.74 Å². The van der Waals surface area contributed by atoms with Crippen molar-refractivity contribution in [1.82, 2.24) is 109 Å². The van der Waals surface area contributed by atoms with Crippen LogP contribution in [0.2, 0.25) is 0 Å². The van der Waals surface area contributed by atoms with E-state index >= 15 is 0 Å². The highest BCUT2D eigenvalue weighted by molar-refractivity contribution is 5.97. The summed E-state index contributed by atoms with van der Waals surface area (Å²) in [6, 6.07) is 69.0. The molecule has 0 spiro atoms. The average Bonchev–Trinajstić information content (AvgIpc) is 1.62. The van der Waals surface area contributed by atoms with Gasteiger partial charge in [-0.25, -0.2) is 18.1 Å². The number of morpholine rings is 1. The van der Waals surface area contributed by atoms with E-state index in [1.807, 2.05) is 0 Å². The molecule has 8 N–H and O–H groups in total. The summed E-state index contributed by atoms with van der Waals surface area (Å²) in [6.45, 7) is 17.8. The number of carbonyl (C=O) groups excluding carboxylic acids is 4. The maximum Gasteiger partial charge on any atom is 0.416 e. The van der Waals surface area contributed by atoms with Crippen LogP contribution in [0.4, 0.5) is 99.2 Å². The first-order valence-electron chi connectivity index (χ1n) is 48.7. The van der Waals surface area contributed by atoms with Gasteiger partial charge in [0.2, 0.25) is 23.8 Å². The fraction of sp³-hybridized carbons (Fsp3) is 0.290. The molecule has 0 saturated carbocycles. The standard InChI is InChI=1S/C28H30F3N7O.C27H28F3N7O.C26H25F3N6O2.C26H25F3N6O/c1-36-15-17-37(18-16-36)14-4-13-32-26(39)20-9-11-23(12-10-20)33-27-34-25-8-3-7-24(38(25)35-27)21-5-2-6-22(19-21)28(29,30)31;1-35-14-16-36(17-15-35)13-12-31-25(38)19-8-10-22(11-9-19)32-26-33-24-7-3-6-23(37(24)34-26)20-4-2-5-21(18-20)27(28,29)30;27-26(28,29)20-4-1-3-19(17-20)22-5-2-6-23-32-25(33-35(22)23)31-21-9-7-18(8-10-21)24(36)30-11-12-34-13-15-37-16-14-34;1-34-14-12-21(13-15-34)30-24(36)17-8-10-20(11-9-17)31-25-32-23-7-3-6-22(35(23)33-25)18-4-2-5-19(16-18)26(27,28)29/h2-3,5-12,19H,4,13-18H2,1H3,(H,32,39)(H,33,35);2-11,18H,12-17H2,1H3,(H,31,38)(H,32,34);1-10,17H,11-16H2,(H,30,36)(H,31,33);2-11,16,21H,12-15H2,1H3,(H,30,36)(H,31,33). The number of carbonyl (C=O) groups is 4. The Morgan fingerprint density at radius 1 is 0.300 bits per heavy atom. The van der Waals surface area contributed by atoms with E-state index in [9.17, 15) is 71.9 Å². The lowest BCUT2D eigenvalue weighted by molar-refractivity contribution is -0.138. The lowest BCUT2D eigenvalue weighted by atomic mass is 10.0. The smallest absolute Gasteiger partial charge is 0.379 e. The van der Waals surface area contributed by atoms with Gasteiger partial charge in [0.1, 0.15) is 0 Å². The molecule has 0 unspecified atom stereocenters. The molecule has 4 fully saturated rings. The number of hydrogen-bond acceptors (Lipinski definition) is 23. The zero-order valence-electron chi connectivity index (χ0n) is 81.9. The lowest BCUT2D eigenvalue weighted by Crippen LogP contribution is -2.46. The molecule has 20 rings (SSSR count). The first-order chi connectivity index (χ1) is 72.1. The maximum absolute atomic E-state index is 13.2. The van der Waals surface area contributed by atoms with E-state index < -0.39 is 47.0 Å². The van der Waals surface area contributed by atoms with E-state index in [2.05, 4.69) is 133 Å². The van der Waals surface area contributed by atoms with E-state index in [0.717, 1.165) is 179 Å². The van der Waals surface area contributed by atoms with Gasteiger partial charge in [-0.15, -0.1) is 20.4 Å². The number of halogens is 12. The third-order valence-electron chi connectivity index (χ3n) is 25.7. The molecule has 0 atom stereocenters. The first-order valence-corrected chi connectivity index (χ1v) is 48.7. The Morgan fingerprint density at radius 3 is 0.853 bits per heavy atom. The van der Waals surface area contributed by atoms with Gasteiger partial charge in [0, 0.05) is 171 Å². The van der Waals surface area contributed by atoms with E-state index in [0.29, 0.717) is 132 Å². The number of likely N-dealkylation sites (tertiary alicyclic amines) is 1. The molecular weight excluding hydrogens is 1960 g/mol. The van der Waals surface area contributed by atoms with Crippen molar-refractivity contribution < 1.29 is 76.6 Å². The molecule has 8 aromatic carbocycles. The third-order valence-corrected chi connectivity index (χ3v) is 25.7. The van der Waals surface area contributed by atoms with Crippen LogP contribution >= 0.6 is 0 Å². The Bertz CT molecular complexity index is 7320. The number of amides is 4. The number of piperazine rings is 2. The van der Waals surface area contributed by atoms with Crippen LogP contribution in [0.15, 0.2) is 267 Å². The highest BCUT2D eigenvalue weighted by atomic mass is 19.4. The van der Waals surface area contributed by atoms with Crippen LogP contribution in [-0.2, 0) is 29.4 Å². The Hall–Kier alpha value is -15.8. The number of fused-ring (bicyclic) bond motifs is 4. The number of anilines is 8. The number of aromatic nitrogens is 12. The first kappa shape index (κ1) is 106. The van der Waals surface area contributed by atoms with Gasteiger partial charge < -0.3 is 66.9 Å². The summed E-state index contributed by atoms with van der Waals surface area (Å²) in [5, 5.41) is 42.1. The lowest BCUT2D eigenvalue weighted by Gasteiger charge is -2.32. The number of nitrogens with zero attached hydrogens (tertiary/aromatic N) is 18. The molecule has 0 aliphatic carbocycles. The zero-order valence-corrected chi connectivity index (χ0v) is 81.9. The molecule has 780 valence electrons. The van der Waals surface area contributed by atoms with Crippen molar-refractivity contribution in [3.8, 4) is 45.0 Å². The van der Waals surface area contributed by atoms with Gasteiger partial charge in [-0.3, -0.25) is 29.0 Å². The molecule has 12 heterocycles. The van der Waals surface area contributed by atoms with Crippen molar-refractivity contribution in [1.29, 1.82) is 0 Å². The van der Waals surface area contributed by atoms with Gasteiger partial charge in [0.25, 0.3) is 23.6 Å². The molecule has 16 aromatic rings. The van der Waals surface area contributed by atoms with Crippen molar-refractivity contribution in [2.24, 2.45) is 0 Å². The zero-order chi connectivity index (χ0) is 105. The Labute approximate surface area is 854 Å². The van der Waals surface area contributed by atoms with Crippen molar-refractivity contribution in [2.75, 3.05) is 173 Å². The van der Waals surface area contributed by atoms with Crippen molar-refractivity contribution >= 4 is 92.8 Å². The number of likely N-dealkylation sites (N-methyl/N-ethyl adjacent to an activating group) is 2. The predicted octanol–water partition coefficient (Wildman–Crippen LogP) is 17.9. The van der Waals surface area contributed by atoms with Crippen LogP contribution in [0, 0.1) is 0 Å². The summed E-state index contributed by atoms with van der Waals surface area (Å²) in [6.07, 6.45) is -15.0. The highest BCUT2D eigenvalue weighted by Gasteiger charge is 2.35. The molecule has 150 heavy (non-hydrogen) atoms. The SMILES string of the molecule is CN1CCC(NC(=O)c2ccc(Nc3nc4cccc(-c5cccc(C(F)(F)F)c5)n4n3)cc2)CC1.CN1CCN(CCCNC(=O)c2ccc(Nc3nc4cccc(-c5cccc(C(F)(F)F)c5)n4n3)cc2)CC1.CN1CCN(CCNC(=O)c2ccc(Nc3nc4cccc(-c5cccc(C(F)(F)F)c5)n4n3)cc2)CC1.O=C(NCCN1CCOCC1)c1ccc(Nc2nc3cccc(-c4cccc(C(F)(F)F)c4)n3n2)cc1. The average molecular weight is 2070 g/mol. The van der Waals surface area contributed by atoms with E-state index in [1.165, 1.54) is 42.3 Å². The third kappa shape index (κ3) is 28.0. The number of rotatable bonds is 27. The molecule has 4 aliphatic heterocycles. The van der Waals surface area contributed by atoms with Crippen LogP contribution in [0.3, 0.4) is 0 Å². The van der Waals surface area contributed by atoms with Crippen molar-refractivity contribution in [3.05, 3.63) is 311 Å². The largest absolute Gasteiger partial charge is 0.416 e. The molecule has 31 nitrogen and oxygen atoms in total. The molecule has 4 amide bonds. The molecular formula is C107H108F12N26O5. The quantitative estimate of drug-likeness (QED) is 0.0175. The van der Waals surface area contributed by atoms with E-state index in [1.54, 1.807) is 194 Å². The number of pyridine rings is 4. The van der Waals surface area contributed by atoms with Crippen LogP contribution in [0.5, 0.6) is 0 Å². The van der Waals surface area contributed by atoms with Gasteiger partial charge >= 0.3 is 24.7 Å². The van der Waals surface area contributed by atoms with Crippen LogP contribution in [0.1, 0.15) is 82.9 Å². The number of piperidine rings is 1. The predicted molar refractivity (Wildman–Crippen MR) is 547 cm³/mol. The van der Waals surface area contributed by atoms with Crippen molar-refractivity contribution in [2.45, 2.75) is 50.0 Å². The fourth-order valence-electron chi connectivity index (χ4n) is 17.3. The van der Waals surface area contributed by atoms with Crippen LogP contribution < -0.4 is 42.5 Å². The second kappa shape index (κ2) is 47.6. The molecule has 0 radical (unpaired) electrons. The minimum atomic E-state index is -4.44. The number of nitrogens with one attached hydrogen (secondary N) is 8. The molecule has 4 aliphatic rings. The number of alkyl halides is 12. The minimum absolute atomic E-state index is 0.104. The second-order valence-corrected chi connectivity index (χ2v) is 36.5. The van der Waals surface area contributed by atoms with Gasteiger partial charge in [-0.05, 0) is 254 Å². The number of benzene rings is 8. The molecule has 0 bridgehead atoms. The highest BCUT2D eigenvalue weighted by Crippen LogP contribution is 2.39. The molecule has 43 heteroatoms. The van der Waals surface area contributed by atoms with Crippen LogP contribution in [0.25, 0.3) is 67.6 Å². The fourth-order valence-corrected chi connectivity index (χ4v) is 17.3. The summed E-state index contributed by atoms with van der Waals surface area (Å²) in [5.74, 6) is 0.618. The molecule has 8 aromatic heterocycles. The Kier molecular flexibility index (Phi) is 33.5. The van der Waals surface area contributed by atoms with Crippen LogP contribution in [-0.4, -0.2) is 270 Å². The normalized spacial score (nSPS) is 15.0. The number of ether oxygens (including phenoxy) is 1. The summed E-state index contributed by atoms with van der Waals surface area (Å²) >= 11 is 0. The maximum atomic E-state index is 13.2. The second-order valence-electron chi connectivity index (χ2n) is 36.5. The Balaban J connectivity index is 0.000000136. The summed E-state index contributed by atoms with van der Waals surface area (Å²) in [7, 11) is 6.32. The van der Waals surface area contributed by atoms with E-state index in [-0.39, 0.29) is 53.5 Å². The van der Waals surface area contributed by atoms with Gasteiger partial charge in [0.15, 0.2) is 22.6 Å². The van der Waals surface area contributed by atoms with Gasteiger partial charge in [-0.2, -0.15) is 72.6 Å². The van der Waals surface area contributed by atoms with Gasteiger partial charge in [-0.1, -0.05) is 72.8 Å². The summed E-state index contributed by atoms with van der Waals surface area (Å²) in [4.78, 5) is 81.8. The monoisotopic (exact) mass is 2060 g/mol. The van der Waals surface area contributed by atoms with Crippen molar-refractivity contribution in [3.63, 3.8) is 0 Å². The summed E-state index contributed by atoms with van der Waals surface area (Å²) in [5.41, 5.74) is 7.37. The minimum Gasteiger partial charge on any atom is -0.379 e. The van der Waals surface area contributed by atoms with Gasteiger partial charge in [0.05, 0.1) is 58.2 Å². The Morgan fingerprint density at radius 2 is 0.560 bits per heavy atom. The number of hydrogen-bond donors (Lipinski definition) is 8. The summed E-state index contributed by atoms with van der Waals surface area (Å²) < 4.78 is 170. The topological polar surface area (TPSA) is 314 Å². The molecule has 4 saturated heterocycles.